The second-order valence-electron chi connectivity index (χ2n) is 14.7. The van der Waals surface area contributed by atoms with E-state index < -0.39 is 16.4 Å². The number of pyridine rings is 1. The monoisotopic (exact) mass is 658 g/mol. The lowest BCUT2D eigenvalue weighted by Crippen LogP contribution is -2.41. The number of rotatable bonds is 14. The van der Waals surface area contributed by atoms with Crippen molar-refractivity contribution >= 4 is 50.1 Å². The Hall–Kier alpha value is -3.52. The van der Waals surface area contributed by atoms with Crippen molar-refractivity contribution < 1.29 is 13.9 Å². The highest BCUT2D eigenvalue weighted by atomic mass is 28.4. The molecule has 0 fully saturated rings. The molecular weight excluding hydrogens is 609 g/mol. The summed E-state index contributed by atoms with van der Waals surface area (Å²) >= 11 is 0. The number of hydrogen-bond donors (Lipinski definition) is 1. The Morgan fingerprint density at radius 2 is 1.72 bits per heavy atom. The minimum Gasteiger partial charge on any atom is -0.496 e. The Balaban J connectivity index is 1.48. The van der Waals surface area contributed by atoms with Gasteiger partial charge in [0.05, 0.1) is 23.7 Å². The van der Waals surface area contributed by atoms with E-state index in [9.17, 15) is 0 Å². The third-order valence-electron chi connectivity index (χ3n) is 8.95. The van der Waals surface area contributed by atoms with Crippen LogP contribution in [-0.4, -0.2) is 61.0 Å². The molecule has 0 bridgehead atoms. The zero-order chi connectivity index (χ0) is 33.1. The van der Waals surface area contributed by atoms with E-state index in [1.165, 1.54) is 0 Å². The molecule has 3 aromatic heterocycles. The molecule has 46 heavy (non-hydrogen) atoms. The first-order chi connectivity index (χ1) is 21.8. The van der Waals surface area contributed by atoms with Crippen LogP contribution in [0.4, 0.5) is 11.8 Å². The number of hydrogen-bond acceptors (Lipinski definition) is 7. The Bertz CT molecular complexity index is 1790. The highest BCUT2D eigenvalue weighted by Crippen LogP contribution is 2.37. The number of anilines is 2. The standard InChI is InChI=1S/C35H50N6O3Si2/c1-35(2,3)46(8,9)44-20-12-19-40-31-14-11-10-13-29(31)37-34(40)38-33-27-23-26(28-24-36-18-17-32(28)42-4)15-16-30(27)41(39-33)25-43-21-22-45(5,6)7/h10-11,13-18,23-24H,12,19-22,25H2,1-9H3,(H,37,38,39). The van der Waals surface area contributed by atoms with Crippen LogP contribution in [0.1, 0.15) is 27.2 Å². The molecule has 0 aliphatic heterocycles. The zero-order valence-corrected chi connectivity index (χ0v) is 31.0. The number of nitrogens with zero attached hydrogens (tertiary/aromatic N) is 5. The van der Waals surface area contributed by atoms with Crippen molar-refractivity contribution in [3.63, 3.8) is 0 Å². The minimum absolute atomic E-state index is 0.179. The first kappa shape index (κ1) is 33.8. The lowest BCUT2D eigenvalue weighted by Gasteiger charge is -2.36. The van der Waals surface area contributed by atoms with Gasteiger partial charge in [0.25, 0.3) is 0 Å². The van der Waals surface area contributed by atoms with Crippen LogP contribution in [0, 0.1) is 0 Å². The van der Waals surface area contributed by atoms with E-state index in [4.69, 9.17) is 24.0 Å². The molecule has 0 saturated carbocycles. The molecule has 0 atom stereocenters. The molecule has 0 radical (unpaired) electrons. The summed E-state index contributed by atoms with van der Waals surface area (Å²) in [5.41, 5.74) is 4.92. The number of methoxy groups -OCH3 is 1. The normalized spacial score (nSPS) is 12.7. The summed E-state index contributed by atoms with van der Waals surface area (Å²) in [4.78, 5) is 9.38. The molecule has 5 aromatic rings. The van der Waals surface area contributed by atoms with Gasteiger partial charge in [-0.2, -0.15) is 5.10 Å². The van der Waals surface area contributed by atoms with E-state index in [-0.39, 0.29) is 5.04 Å². The summed E-state index contributed by atoms with van der Waals surface area (Å²) in [6, 6.07) is 17.6. The first-order valence-corrected chi connectivity index (χ1v) is 22.8. The summed E-state index contributed by atoms with van der Waals surface area (Å²) < 4.78 is 22.5. The zero-order valence-electron chi connectivity index (χ0n) is 29.0. The first-order valence-electron chi connectivity index (χ1n) is 16.2. The number of ether oxygens (including phenoxy) is 2. The quantitative estimate of drug-likeness (QED) is 0.0941. The molecule has 0 saturated heterocycles. The number of fused-ring (bicyclic) bond motifs is 2. The van der Waals surface area contributed by atoms with Crippen LogP contribution in [-0.2, 0) is 22.4 Å². The summed E-state index contributed by atoms with van der Waals surface area (Å²) in [7, 11) is -1.35. The van der Waals surface area contributed by atoms with Crippen LogP contribution in [0.25, 0.3) is 33.1 Å². The maximum absolute atomic E-state index is 6.51. The lowest BCUT2D eigenvalue weighted by atomic mass is 10.0. The fourth-order valence-corrected chi connectivity index (χ4v) is 6.96. The number of para-hydroxylation sites is 2. The second kappa shape index (κ2) is 13.7. The molecule has 1 N–H and O–H groups in total. The molecular formula is C35H50N6O3Si2. The number of benzene rings is 2. The molecule has 246 valence electrons. The topological polar surface area (TPSA) is 88.3 Å². The SMILES string of the molecule is COc1ccncc1-c1ccc2c(c1)c(Nc1nc3ccccc3n1CCCO[Si](C)(C)C(C)(C)C)nn2COCC[Si](C)(C)C. The van der Waals surface area contributed by atoms with Crippen molar-refractivity contribution in [3.8, 4) is 16.9 Å². The van der Waals surface area contributed by atoms with Crippen LogP contribution in [0.5, 0.6) is 5.75 Å². The van der Waals surface area contributed by atoms with E-state index in [1.807, 2.05) is 23.0 Å². The van der Waals surface area contributed by atoms with Crippen molar-refractivity contribution in [2.75, 3.05) is 25.6 Å². The minimum atomic E-state index is -1.82. The van der Waals surface area contributed by atoms with Crippen molar-refractivity contribution in [3.05, 3.63) is 60.9 Å². The molecule has 2 aromatic carbocycles. The van der Waals surface area contributed by atoms with Gasteiger partial charge in [-0.15, -0.1) is 0 Å². The Labute approximate surface area is 275 Å². The van der Waals surface area contributed by atoms with Crippen molar-refractivity contribution in [2.45, 2.75) is 84.3 Å². The number of imidazole rings is 1. The van der Waals surface area contributed by atoms with E-state index in [0.717, 1.165) is 76.2 Å². The van der Waals surface area contributed by atoms with Crippen LogP contribution < -0.4 is 10.1 Å². The maximum atomic E-state index is 6.51. The van der Waals surface area contributed by atoms with E-state index >= 15 is 0 Å². The van der Waals surface area contributed by atoms with Crippen LogP contribution >= 0.6 is 0 Å². The van der Waals surface area contributed by atoms with Crippen molar-refractivity contribution in [2.24, 2.45) is 0 Å². The van der Waals surface area contributed by atoms with Gasteiger partial charge in [0.1, 0.15) is 12.5 Å². The Kier molecular flexibility index (Phi) is 10.1. The van der Waals surface area contributed by atoms with E-state index in [0.29, 0.717) is 13.3 Å². The fraction of sp³-hybridized carbons (Fsp3) is 0.457. The van der Waals surface area contributed by atoms with Gasteiger partial charge < -0.3 is 23.8 Å². The van der Waals surface area contributed by atoms with Gasteiger partial charge in [0.2, 0.25) is 5.95 Å². The molecule has 9 nitrogen and oxygen atoms in total. The van der Waals surface area contributed by atoms with Gasteiger partial charge >= 0.3 is 0 Å². The smallest absolute Gasteiger partial charge is 0.209 e. The molecule has 3 heterocycles. The van der Waals surface area contributed by atoms with Gasteiger partial charge in [0, 0.05) is 51.2 Å². The van der Waals surface area contributed by atoms with E-state index in [2.05, 4.69) is 105 Å². The maximum Gasteiger partial charge on any atom is 0.209 e. The van der Waals surface area contributed by atoms with Gasteiger partial charge in [-0.05, 0) is 66.5 Å². The predicted octanol–water partition coefficient (Wildman–Crippen LogP) is 8.92. The third-order valence-corrected chi connectivity index (χ3v) is 15.2. The summed E-state index contributed by atoms with van der Waals surface area (Å²) in [6.07, 6.45) is 4.46. The highest BCUT2D eigenvalue weighted by molar-refractivity contribution is 6.76. The number of aryl methyl sites for hydroxylation is 1. The van der Waals surface area contributed by atoms with Crippen LogP contribution in [0.2, 0.25) is 43.8 Å². The Morgan fingerprint density at radius 1 is 0.935 bits per heavy atom. The van der Waals surface area contributed by atoms with Crippen LogP contribution in [0.15, 0.2) is 60.9 Å². The number of aromatic nitrogens is 5. The summed E-state index contributed by atoms with van der Waals surface area (Å²) in [5, 5.41) is 9.80. The largest absolute Gasteiger partial charge is 0.496 e. The molecule has 0 aliphatic carbocycles. The molecule has 0 amide bonds. The van der Waals surface area contributed by atoms with Crippen LogP contribution in [0.3, 0.4) is 0 Å². The predicted molar refractivity (Wildman–Crippen MR) is 194 cm³/mol. The van der Waals surface area contributed by atoms with E-state index in [1.54, 1.807) is 13.3 Å². The Morgan fingerprint density at radius 3 is 2.46 bits per heavy atom. The summed E-state index contributed by atoms with van der Waals surface area (Å²) in [6.45, 7) is 21.1. The molecule has 11 heteroatoms. The average Bonchev–Trinajstić information content (AvgIpc) is 3.53. The van der Waals surface area contributed by atoms with Gasteiger partial charge in [-0.3, -0.25) is 4.98 Å². The van der Waals surface area contributed by atoms with Crippen molar-refractivity contribution in [1.29, 1.82) is 0 Å². The average molecular weight is 659 g/mol. The summed E-state index contributed by atoms with van der Waals surface area (Å²) in [5.74, 6) is 2.25. The lowest BCUT2D eigenvalue weighted by molar-refractivity contribution is 0.0819. The highest BCUT2D eigenvalue weighted by Gasteiger charge is 2.36. The molecule has 5 rings (SSSR count). The molecule has 0 spiro atoms. The molecule has 0 unspecified atom stereocenters. The van der Waals surface area contributed by atoms with Crippen molar-refractivity contribution in [1.82, 2.24) is 24.3 Å². The fourth-order valence-electron chi connectivity index (χ4n) is 5.11. The third kappa shape index (κ3) is 7.71. The van der Waals surface area contributed by atoms with Gasteiger partial charge in [-0.1, -0.05) is 58.6 Å². The van der Waals surface area contributed by atoms with Gasteiger partial charge in [-0.25, -0.2) is 9.67 Å². The number of nitrogens with one attached hydrogen (secondary N) is 1. The second-order valence-corrected chi connectivity index (χ2v) is 25.1. The van der Waals surface area contributed by atoms with Gasteiger partial charge in [0.15, 0.2) is 14.1 Å². The molecule has 0 aliphatic rings.